The van der Waals surface area contributed by atoms with E-state index in [1.54, 1.807) is 4.90 Å². The third-order valence-corrected chi connectivity index (χ3v) is 6.76. The van der Waals surface area contributed by atoms with Gasteiger partial charge >= 0.3 is 5.69 Å². The van der Waals surface area contributed by atoms with Crippen LogP contribution in [-0.2, 0) is 30.2 Å². The van der Waals surface area contributed by atoms with Crippen molar-refractivity contribution in [3.8, 4) is 0 Å². The lowest BCUT2D eigenvalue weighted by Gasteiger charge is -2.15. The van der Waals surface area contributed by atoms with Crippen LogP contribution >= 0.6 is 11.3 Å². The minimum atomic E-state index is -0.532. The highest BCUT2D eigenvalue weighted by Gasteiger charge is 2.34. The molecular weight excluding hydrogens is 460 g/mol. The lowest BCUT2D eigenvalue weighted by Crippen LogP contribution is -2.37. The Morgan fingerprint density at radius 3 is 2.65 bits per heavy atom. The monoisotopic (exact) mass is 480 g/mol. The van der Waals surface area contributed by atoms with Gasteiger partial charge in [0.15, 0.2) is 11.2 Å². The number of carbonyl (C=O) groups excluding carboxylic acids is 2. The number of nitrogens with zero attached hydrogens (tertiary/aromatic N) is 7. The molecule has 0 unspecified atom stereocenters. The molecule has 12 nitrogen and oxygen atoms in total. The number of rotatable bonds is 5. The van der Waals surface area contributed by atoms with Crippen LogP contribution in [0.25, 0.3) is 11.2 Å². The summed E-state index contributed by atoms with van der Waals surface area (Å²) in [4.78, 5) is 55.5. The average Bonchev–Trinajstić information content (AvgIpc) is 3.55. The molecule has 34 heavy (non-hydrogen) atoms. The first kappa shape index (κ1) is 21.7. The van der Waals surface area contributed by atoms with Crippen LogP contribution in [0.5, 0.6) is 0 Å². The molecule has 0 saturated carbocycles. The van der Waals surface area contributed by atoms with E-state index in [4.69, 9.17) is 0 Å². The molecule has 2 amide bonds. The van der Waals surface area contributed by atoms with Crippen LogP contribution < -0.4 is 21.5 Å². The second-order valence-electron chi connectivity index (χ2n) is 7.99. The first-order chi connectivity index (χ1) is 16.3. The molecule has 1 N–H and O–H groups in total. The zero-order chi connectivity index (χ0) is 24.0. The number of amides is 2. The smallest absolute Gasteiger partial charge is 0.315 e. The van der Waals surface area contributed by atoms with Gasteiger partial charge < -0.3 is 9.47 Å². The second kappa shape index (κ2) is 8.33. The Kier molecular flexibility index (Phi) is 5.32. The summed E-state index contributed by atoms with van der Waals surface area (Å²) in [6, 6.07) is 9.43. The van der Waals surface area contributed by atoms with Crippen LogP contribution in [0.15, 0.2) is 46.2 Å². The number of anilines is 2. The number of fused-ring (bicyclic) bond motifs is 1. The van der Waals surface area contributed by atoms with Crippen molar-refractivity contribution in [3.05, 3.63) is 62.5 Å². The first-order valence-corrected chi connectivity index (χ1v) is 11.2. The van der Waals surface area contributed by atoms with Crippen molar-refractivity contribution in [1.29, 1.82) is 0 Å². The van der Waals surface area contributed by atoms with E-state index in [-0.39, 0.29) is 29.5 Å². The van der Waals surface area contributed by atoms with Crippen LogP contribution in [0.3, 0.4) is 0 Å². The van der Waals surface area contributed by atoms with Crippen molar-refractivity contribution in [2.24, 2.45) is 14.1 Å². The molecule has 1 aromatic carbocycles. The van der Waals surface area contributed by atoms with Gasteiger partial charge in [-0.1, -0.05) is 29.5 Å². The number of carbonyl (C=O) groups is 2. The maximum atomic E-state index is 12.6. The summed E-state index contributed by atoms with van der Waals surface area (Å²) in [6.07, 6.45) is 1.67. The normalized spacial score (nSPS) is 15.9. The third kappa shape index (κ3) is 3.69. The van der Waals surface area contributed by atoms with Crippen molar-refractivity contribution in [1.82, 2.24) is 28.9 Å². The van der Waals surface area contributed by atoms with Crippen molar-refractivity contribution < 1.29 is 9.59 Å². The highest BCUT2D eigenvalue weighted by Crippen LogP contribution is 2.34. The minimum absolute atomic E-state index is 0.0138. The number of nitrogens with one attached hydrogen (secondary N) is 1. The summed E-state index contributed by atoms with van der Waals surface area (Å²) in [6.45, 7) is 0.303. The highest BCUT2D eigenvalue weighted by molar-refractivity contribution is 7.15. The van der Waals surface area contributed by atoms with Gasteiger partial charge in [-0.15, -0.1) is 10.2 Å². The Bertz CT molecular complexity index is 1530. The van der Waals surface area contributed by atoms with Crippen LogP contribution in [0, 0.1) is 0 Å². The average molecular weight is 481 g/mol. The maximum absolute atomic E-state index is 12.6. The summed E-state index contributed by atoms with van der Waals surface area (Å²) in [5.41, 5.74) is 0.167. The number of hydrogen-bond acceptors (Lipinski definition) is 8. The van der Waals surface area contributed by atoms with E-state index in [9.17, 15) is 19.2 Å². The van der Waals surface area contributed by atoms with Gasteiger partial charge in [0, 0.05) is 38.7 Å². The summed E-state index contributed by atoms with van der Waals surface area (Å²) in [5.74, 6) is -0.524. The molecule has 5 rings (SSSR count). The van der Waals surface area contributed by atoms with Gasteiger partial charge in [0.2, 0.25) is 16.9 Å². The summed E-state index contributed by atoms with van der Waals surface area (Å²) in [5, 5.41) is 11.9. The molecule has 0 radical (unpaired) electrons. The van der Waals surface area contributed by atoms with Crippen LogP contribution in [0.1, 0.15) is 17.3 Å². The topological polar surface area (TPSA) is 137 Å². The number of benzene rings is 1. The molecule has 1 saturated heterocycles. The molecular formula is C21H20N8O4S. The van der Waals surface area contributed by atoms with Crippen LogP contribution in [0.2, 0.25) is 0 Å². The lowest BCUT2D eigenvalue weighted by molar-refractivity contribution is -0.117. The largest absolute Gasteiger partial charge is 0.332 e. The van der Waals surface area contributed by atoms with E-state index < -0.39 is 17.2 Å². The Morgan fingerprint density at radius 1 is 1.12 bits per heavy atom. The quantitative estimate of drug-likeness (QED) is 0.438. The van der Waals surface area contributed by atoms with Gasteiger partial charge in [-0.3, -0.25) is 28.8 Å². The zero-order valence-corrected chi connectivity index (χ0v) is 19.2. The van der Waals surface area contributed by atoms with Gasteiger partial charge in [-0.2, -0.15) is 0 Å². The van der Waals surface area contributed by atoms with E-state index >= 15 is 0 Å². The van der Waals surface area contributed by atoms with E-state index in [1.165, 1.54) is 40.9 Å². The van der Waals surface area contributed by atoms with Crippen LogP contribution in [0.4, 0.5) is 10.8 Å². The summed E-state index contributed by atoms with van der Waals surface area (Å²) < 4.78 is 3.61. The highest BCUT2D eigenvalue weighted by atomic mass is 32.1. The van der Waals surface area contributed by atoms with E-state index in [2.05, 4.69) is 20.5 Å². The van der Waals surface area contributed by atoms with E-state index in [1.807, 2.05) is 30.3 Å². The van der Waals surface area contributed by atoms with Gasteiger partial charge in [0.1, 0.15) is 11.6 Å². The summed E-state index contributed by atoms with van der Waals surface area (Å²) in [7, 11) is 2.88. The van der Waals surface area contributed by atoms with E-state index in [0.717, 1.165) is 10.3 Å². The van der Waals surface area contributed by atoms with Crippen molar-refractivity contribution in [3.63, 3.8) is 0 Å². The van der Waals surface area contributed by atoms with Crippen LogP contribution in [-0.4, -0.2) is 47.2 Å². The molecule has 1 aliphatic heterocycles. The molecule has 4 heterocycles. The predicted octanol–water partition coefficient (Wildman–Crippen LogP) is 0.444. The summed E-state index contributed by atoms with van der Waals surface area (Å²) >= 11 is 1.21. The Hall–Kier alpha value is -4.13. The molecule has 4 aromatic rings. The fraction of sp³-hybridized carbons (Fsp3) is 0.286. The molecule has 0 aliphatic carbocycles. The number of aryl methyl sites for hydroxylation is 1. The maximum Gasteiger partial charge on any atom is 0.332 e. The van der Waals surface area contributed by atoms with E-state index in [0.29, 0.717) is 23.1 Å². The minimum Gasteiger partial charge on any atom is -0.315 e. The zero-order valence-electron chi connectivity index (χ0n) is 18.3. The molecule has 0 bridgehead atoms. The van der Waals surface area contributed by atoms with Gasteiger partial charge in [-0.05, 0) is 12.1 Å². The van der Waals surface area contributed by atoms with Gasteiger partial charge in [0.05, 0.1) is 6.33 Å². The number of imidazole rings is 1. The molecule has 13 heteroatoms. The fourth-order valence-electron chi connectivity index (χ4n) is 4.01. The molecule has 174 valence electrons. The lowest BCUT2D eigenvalue weighted by atomic mass is 10.1. The first-order valence-electron chi connectivity index (χ1n) is 10.4. The molecule has 1 aliphatic rings. The Morgan fingerprint density at radius 2 is 1.88 bits per heavy atom. The molecule has 1 fully saturated rings. The van der Waals surface area contributed by atoms with Gasteiger partial charge in [-0.25, -0.2) is 9.78 Å². The Labute approximate surface area is 196 Å². The predicted molar refractivity (Wildman–Crippen MR) is 125 cm³/mol. The second-order valence-corrected chi connectivity index (χ2v) is 8.99. The van der Waals surface area contributed by atoms with Crippen molar-refractivity contribution in [2.75, 3.05) is 16.8 Å². The molecule has 3 aromatic heterocycles. The Balaban J connectivity index is 1.30. The molecule has 1 atom stereocenters. The van der Waals surface area contributed by atoms with Gasteiger partial charge in [0.25, 0.3) is 5.56 Å². The van der Waals surface area contributed by atoms with Crippen molar-refractivity contribution >= 4 is 45.1 Å². The number of para-hydroxylation sites is 1. The third-order valence-electron chi connectivity index (χ3n) is 5.76. The van der Waals surface area contributed by atoms with Crippen molar-refractivity contribution in [2.45, 2.75) is 18.9 Å². The number of aromatic nitrogens is 6. The number of hydrogen-bond donors (Lipinski definition) is 1. The molecule has 0 spiro atoms. The standard InChI is InChI=1S/C21H20N8O4S/c1-26-17-16(19(32)27(2)21(26)33)28(11-22-17)10-14(30)23-20-25-24-18(34-20)12-8-15(31)29(9-12)13-6-4-3-5-7-13/h3-7,11-12H,8-10H2,1-2H3,(H,23,25,30)/t12-/m1/s1. The fourth-order valence-corrected chi connectivity index (χ4v) is 4.86. The SMILES string of the molecule is Cn1c(=O)c2c(ncn2CC(=O)Nc2nnc([C@@H]3CC(=O)N(c4ccccc4)C3)s2)n(C)c1=O.